The molecule has 0 spiro atoms. The predicted octanol–water partition coefficient (Wildman–Crippen LogP) is 4.70. The van der Waals surface area contributed by atoms with Crippen molar-refractivity contribution >= 4 is 0 Å². The molecule has 1 aromatic carbocycles. The van der Waals surface area contributed by atoms with Gasteiger partial charge in [0, 0.05) is 31.7 Å². The van der Waals surface area contributed by atoms with E-state index in [1.165, 1.54) is 5.57 Å². The fraction of sp³-hybridized carbons (Fsp3) is 0.292. The molecule has 0 unspecified atom stereocenters. The predicted molar refractivity (Wildman–Crippen MR) is 114 cm³/mol. The lowest BCUT2D eigenvalue weighted by atomic mass is 9.92. The number of aromatic nitrogens is 1. The van der Waals surface area contributed by atoms with Crippen LogP contribution in [-0.4, -0.2) is 23.0 Å². The maximum absolute atomic E-state index is 14.7. The third kappa shape index (κ3) is 4.46. The first kappa shape index (κ1) is 20.2. The van der Waals surface area contributed by atoms with E-state index in [9.17, 15) is 4.39 Å². The molecule has 1 aromatic heterocycles. The van der Waals surface area contributed by atoms with Gasteiger partial charge >= 0.3 is 0 Å². The van der Waals surface area contributed by atoms with E-state index in [4.69, 9.17) is 10.7 Å². The van der Waals surface area contributed by atoms with Crippen molar-refractivity contribution in [1.29, 1.82) is 0 Å². The third-order valence-corrected chi connectivity index (χ3v) is 5.11. The summed E-state index contributed by atoms with van der Waals surface area (Å²) in [5, 5.41) is 0. The second-order valence-corrected chi connectivity index (χ2v) is 7.21. The number of hydrogen-bond acceptors (Lipinski definition) is 3. The molecule has 0 aliphatic carbocycles. The van der Waals surface area contributed by atoms with E-state index in [-0.39, 0.29) is 5.82 Å². The standard InChI is InChI=1S/C24H28FN3/c1-4-6-7-18(5-2)15-28-11-10-21-22(13-19(14-26)27-24(21)16-28)20-9-8-17(3)12-23(20)25/h4-9,12-13H,2,10-11,14-16,26H2,1,3H3/b6-4-,18-7+. The summed E-state index contributed by atoms with van der Waals surface area (Å²) < 4.78 is 14.7. The molecule has 0 saturated heterocycles. The Morgan fingerprint density at radius 2 is 2.14 bits per heavy atom. The van der Waals surface area contributed by atoms with Gasteiger partial charge in [-0.25, -0.2) is 4.39 Å². The van der Waals surface area contributed by atoms with E-state index in [0.717, 1.165) is 54.1 Å². The lowest BCUT2D eigenvalue weighted by molar-refractivity contribution is 0.273. The van der Waals surface area contributed by atoms with Crippen LogP contribution in [0.3, 0.4) is 0 Å². The highest BCUT2D eigenvalue weighted by Crippen LogP contribution is 2.32. The summed E-state index contributed by atoms with van der Waals surface area (Å²) in [5.74, 6) is -0.193. The number of aryl methyl sites for hydroxylation is 1. The molecule has 2 aromatic rings. The fourth-order valence-corrected chi connectivity index (χ4v) is 3.63. The monoisotopic (exact) mass is 377 g/mol. The van der Waals surface area contributed by atoms with E-state index >= 15 is 0 Å². The molecule has 2 heterocycles. The summed E-state index contributed by atoms with van der Waals surface area (Å²) in [6, 6.07) is 7.35. The Labute approximate surface area is 167 Å². The molecule has 28 heavy (non-hydrogen) atoms. The van der Waals surface area contributed by atoms with Crippen LogP contribution in [0.4, 0.5) is 4.39 Å². The van der Waals surface area contributed by atoms with Gasteiger partial charge in [0.05, 0.1) is 11.4 Å². The van der Waals surface area contributed by atoms with Crippen molar-refractivity contribution in [2.24, 2.45) is 5.73 Å². The molecule has 146 valence electrons. The number of pyridine rings is 1. The van der Waals surface area contributed by atoms with Gasteiger partial charge < -0.3 is 5.73 Å². The summed E-state index contributed by atoms with van der Waals surface area (Å²) in [6.45, 7) is 10.6. The average molecular weight is 378 g/mol. The van der Waals surface area contributed by atoms with Crippen LogP contribution in [0.5, 0.6) is 0 Å². The molecule has 0 saturated carbocycles. The molecule has 4 heteroatoms. The third-order valence-electron chi connectivity index (χ3n) is 5.11. The summed E-state index contributed by atoms with van der Waals surface area (Å²) in [7, 11) is 0. The van der Waals surface area contributed by atoms with Crippen LogP contribution >= 0.6 is 0 Å². The highest BCUT2D eigenvalue weighted by molar-refractivity contribution is 5.70. The summed E-state index contributed by atoms with van der Waals surface area (Å²) in [5.41, 5.74) is 12.5. The molecule has 1 aliphatic heterocycles. The Balaban J connectivity index is 1.95. The fourth-order valence-electron chi connectivity index (χ4n) is 3.63. The zero-order valence-electron chi connectivity index (χ0n) is 16.7. The van der Waals surface area contributed by atoms with Crippen molar-refractivity contribution in [2.45, 2.75) is 33.4 Å². The Hall–Kier alpha value is -2.56. The number of fused-ring (bicyclic) bond motifs is 1. The molecule has 0 fully saturated rings. The first-order chi connectivity index (χ1) is 13.5. The SMILES string of the molecule is C=C/C(=C\C=C/C)CN1CCc2c(-c3ccc(C)cc3F)cc(CN)nc2C1. The Kier molecular flexibility index (Phi) is 6.55. The maximum atomic E-state index is 14.7. The number of halogens is 1. The van der Waals surface area contributed by atoms with Crippen LogP contribution in [0.15, 0.2) is 60.7 Å². The van der Waals surface area contributed by atoms with Crippen molar-refractivity contribution in [3.8, 4) is 11.1 Å². The molecule has 2 N–H and O–H groups in total. The molecule has 0 atom stereocenters. The topological polar surface area (TPSA) is 42.1 Å². The van der Waals surface area contributed by atoms with Gasteiger partial charge in [-0.1, -0.05) is 43.0 Å². The second kappa shape index (κ2) is 9.09. The van der Waals surface area contributed by atoms with E-state index in [1.807, 2.05) is 50.3 Å². The quantitative estimate of drug-likeness (QED) is 0.742. The Bertz CT molecular complexity index is 928. The lowest BCUT2D eigenvalue weighted by Crippen LogP contribution is -2.33. The molecular formula is C24H28FN3. The van der Waals surface area contributed by atoms with Gasteiger partial charge in [0.15, 0.2) is 0 Å². The van der Waals surface area contributed by atoms with Crippen LogP contribution in [-0.2, 0) is 19.5 Å². The second-order valence-electron chi connectivity index (χ2n) is 7.21. The largest absolute Gasteiger partial charge is 0.325 e. The average Bonchev–Trinajstić information content (AvgIpc) is 2.70. The summed E-state index contributed by atoms with van der Waals surface area (Å²) in [6.07, 6.45) is 8.85. The lowest BCUT2D eigenvalue weighted by Gasteiger charge is -2.30. The number of benzene rings is 1. The number of allylic oxidation sites excluding steroid dienone is 3. The zero-order chi connectivity index (χ0) is 20.1. The molecule has 1 aliphatic rings. The van der Waals surface area contributed by atoms with Crippen LogP contribution in [0.25, 0.3) is 11.1 Å². The first-order valence-electron chi connectivity index (χ1n) is 9.70. The minimum atomic E-state index is -0.193. The van der Waals surface area contributed by atoms with Crippen LogP contribution in [0.2, 0.25) is 0 Å². The van der Waals surface area contributed by atoms with Crippen molar-refractivity contribution < 1.29 is 4.39 Å². The zero-order valence-corrected chi connectivity index (χ0v) is 16.7. The highest BCUT2D eigenvalue weighted by atomic mass is 19.1. The Morgan fingerprint density at radius 3 is 2.82 bits per heavy atom. The number of nitrogens with zero attached hydrogens (tertiary/aromatic N) is 2. The van der Waals surface area contributed by atoms with Crippen molar-refractivity contribution in [2.75, 3.05) is 13.1 Å². The molecule has 0 amide bonds. The minimum Gasteiger partial charge on any atom is -0.325 e. The first-order valence-corrected chi connectivity index (χ1v) is 9.70. The number of rotatable bonds is 6. The summed E-state index contributed by atoms with van der Waals surface area (Å²) in [4.78, 5) is 7.11. The van der Waals surface area contributed by atoms with E-state index in [2.05, 4.69) is 17.6 Å². The van der Waals surface area contributed by atoms with Gasteiger partial charge in [-0.15, -0.1) is 0 Å². The van der Waals surface area contributed by atoms with Crippen LogP contribution in [0.1, 0.15) is 29.4 Å². The number of hydrogen-bond donors (Lipinski definition) is 1. The van der Waals surface area contributed by atoms with Gasteiger partial charge in [-0.3, -0.25) is 9.88 Å². The smallest absolute Gasteiger partial charge is 0.131 e. The number of nitrogens with two attached hydrogens (primary N) is 1. The normalized spacial score (nSPS) is 15.1. The van der Waals surface area contributed by atoms with E-state index < -0.39 is 0 Å². The van der Waals surface area contributed by atoms with Crippen LogP contribution < -0.4 is 5.73 Å². The maximum Gasteiger partial charge on any atom is 0.131 e. The van der Waals surface area contributed by atoms with E-state index in [0.29, 0.717) is 12.1 Å². The van der Waals surface area contributed by atoms with E-state index in [1.54, 1.807) is 6.07 Å². The molecule has 0 radical (unpaired) electrons. The van der Waals surface area contributed by atoms with Crippen molar-refractivity contribution in [3.63, 3.8) is 0 Å². The molecule has 3 nitrogen and oxygen atoms in total. The summed E-state index contributed by atoms with van der Waals surface area (Å²) >= 11 is 0. The molecule has 3 rings (SSSR count). The molecular weight excluding hydrogens is 349 g/mol. The van der Waals surface area contributed by atoms with Gasteiger partial charge in [-0.05, 0) is 54.7 Å². The van der Waals surface area contributed by atoms with Crippen molar-refractivity contribution in [1.82, 2.24) is 9.88 Å². The molecule has 0 bridgehead atoms. The van der Waals surface area contributed by atoms with Gasteiger partial charge in [-0.2, -0.15) is 0 Å². The highest BCUT2D eigenvalue weighted by Gasteiger charge is 2.23. The minimum absolute atomic E-state index is 0.193. The Morgan fingerprint density at radius 1 is 1.32 bits per heavy atom. The van der Waals surface area contributed by atoms with Crippen LogP contribution in [0, 0.1) is 12.7 Å². The van der Waals surface area contributed by atoms with Gasteiger partial charge in [0.1, 0.15) is 5.82 Å². The van der Waals surface area contributed by atoms with Gasteiger partial charge in [0.25, 0.3) is 0 Å². The van der Waals surface area contributed by atoms with Gasteiger partial charge in [0.2, 0.25) is 0 Å². The van der Waals surface area contributed by atoms with Crippen molar-refractivity contribution in [3.05, 3.63) is 89.1 Å².